The van der Waals surface area contributed by atoms with Gasteiger partial charge in [0.2, 0.25) is 5.91 Å². The molecule has 3 N–H and O–H groups in total. The molecular formula is C12H23N3O. The largest absolute Gasteiger partial charge is 0.387 e. The second-order valence-corrected chi connectivity index (χ2v) is 5.19. The second-order valence-electron chi connectivity index (χ2n) is 5.19. The fraction of sp³-hybridized carbons (Fsp3) is 0.833. The molecule has 0 radical (unpaired) electrons. The number of nitrogens with one attached hydrogen (secondary N) is 1. The molecule has 0 heterocycles. The highest BCUT2D eigenvalue weighted by atomic mass is 16.2. The molecule has 0 atom stereocenters. The Hall–Kier alpha value is -1.06. The van der Waals surface area contributed by atoms with Crippen LogP contribution in [0.25, 0.3) is 0 Å². The van der Waals surface area contributed by atoms with E-state index >= 15 is 0 Å². The van der Waals surface area contributed by atoms with Gasteiger partial charge in [0.25, 0.3) is 0 Å². The molecule has 92 valence electrons. The van der Waals surface area contributed by atoms with E-state index in [-0.39, 0.29) is 5.91 Å². The monoisotopic (exact) mass is 225 g/mol. The molecule has 1 saturated carbocycles. The van der Waals surface area contributed by atoms with Crippen molar-refractivity contribution in [2.45, 2.75) is 39.5 Å². The number of nitrogens with two attached hydrogens (primary N) is 1. The van der Waals surface area contributed by atoms with Crippen molar-refractivity contribution in [3.05, 3.63) is 0 Å². The van der Waals surface area contributed by atoms with E-state index in [0.717, 1.165) is 18.7 Å². The lowest BCUT2D eigenvalue weighted by atomic mass is 9.92. The van der Waals surface area contributed by atoms with Gasteiger partial charge in [-0.1, -0.05) is 12.8 Å². The molecule has 0 aliphatic heterocycles. The van der Waals surface area contributed by atoms with E-state index in [0.29, 0.717) is 12.5 Å². The first-order valence-corrected chi connectivity index (χ1v) is 5.99. The first kappa shape index (κ1) is 13.0. The van der Waals surface area contributed by atoms with Crippen LogP contribution in [0.2, 0.25) is 0 Å². The Kier molecular flexibility index (Phi) is 4.33. The Morgan fingerprint density at radius 1 is 1.44 bits per heavy atom. The van der Waals surface area contributed by atoms with Crippen molar-refractivity contribution >= 4 is 11.7 Å². The highest BCUT2D eigenvalue weighted by Crippen LogP contribution is 2.25. The zero-order chi connectivity index (χ0) is 12.2. The van der Waals surface area contributed by atoms with E-state index in [1.807, 2.05) is 13.8 Å². The standard InChI is InChI=1S/C12H23N3O/c1-12(2,11(16)14-3)8-15-10(13)9-6-4-5-7-9/h9H,4-8H2,1-3H3,(H2,13,15)(H,14,16). The highest BCUT2D eigenvalue weighted by molar-refractivity contribution is 5.85. The zero-order valence-corrected chi connectivity index (χ0v) is 10.5. The number of amidine groups is 1. The van der Waals surface area contributed by atoms with E-state index in [9.17, 15) is 4.79 Å². The molecule has 0 aromatic rings. The van der Waals surface area contributed by atoms with Crippen LogP contribution < -0.4 is 11.1 Å². The number of carbonyl (C=O) groups is 1. The summed E-state index contributed by atoms with van der Waals surface area (Å²) in [5.74, 6) is 1.19. The molecule has 4 heteroatoms. The van der Waals surface area contributed by atoms with Crippen molar-refractivity contribution in [1.29, 1.82) is 0 Å². The number of aliphatic imine (C=N–C) groups is 1. The van der Waals surface area contributed by atoms with E-state index < -0.39 is 5.41 Å². The van der Waals surface area contributed by atoms with Gasteiger partial charge in [-0.2, -0.15) is 0 Å². The summed E-state index contributed by atoms with van der Waals surface area (Å²) in [7, 11) is 1.65. The Morgan fingerprint density at radius 3 is 2.50 bits per heavy atom. The SMILES string of the molecule is CNC(=O)C(C)(C)CN=C(N)C1CCCC1. The molecule has 0 unspecified atom stereocenters. The van der Waals surface area contributed by atoms with Crippen LogP contribution in [0.15, 0.2) is 4.99 Å². The van der Waals surface area contributed by atoms with E-state index in [1.54, 1.807) is 7.05 Å². The molecule has 0 aromatic heterocycles. The van der Waals surface area contributed by atoms with Gasteiger partial charge in [0, 0.05) is 13.0 Å². The first-order chi connectivity index (χ1) is 7.47. The summed E-state index contributed by atoms with van der Waals surface area (Å²) in [6.07, 6.45) is 4.80. The fourth-order valence-corrected chi connectivity index (χ4v) is 2.05. The van der Waals surface area contributed by atoms with Crippen LogP contribution in [0.5, 0.6) is 0 Å². The zero-order valence-electron chi connectivity index (χ0n) is 10.5. The van der Waals surface area contributed by atoms with Crippen LogP contribution in [0.4, 0.5) is 0 Å². The van der Waals surface area contributed by atoms with Gasteiger partial charge >= 0.3 is 0 Å². The van der Waals surface area contributed by atoms with Crippen molar-refractivity contribution in [3.8, 4) is 0 Å². The predicted molar refractivity (Wildman–Crippen MR) is 66.3 cm³/mol. The summed E-state index contributed by atoms with van der Waals surface area (Å²) in [5.41, 5.74) is 5.47. The van der Waals surface area contributed by atoms with Gasteiger partial charge in [-0.15, -0.1) is 0 Å². The lowest BCUT2D eigenvalue weighted by molar-refractivity contribution is -0.128. The molecule has 1 aliphatic carbocycles. The molecule has 1 aliphatic rings. The summed E-state index contributed by atoms with van der Waals surface area (Å²) in [6.45, 7) is 4.24. The Balaban J connectivity index is 2.53. The predicted octanol–water partition coefficient (Wildman–Crippen LogP) is 1.31. The maximum absolute atomic E-state index is 11.5. The lowest BCUT2D eigenvalue weighted by Gasteiger charge is -2.20. The minimum Gasteiger partial charge on any atom is -0.387 e. The quantitative estimate of drug-likeness (QED) is 0.559. The van der Waals surface area contributed by atoms with Gasteiger partial charge in [-0.3, -0.25) is 9.79 Å². The molecule has 0 aromatic carbocycles. The average Bonchev–Trinajstić information content (AvgIpc) is 2.78. The van der Waals surface area contributed by atoms with Crippen LogP contribution >= 0.6 is 0 Å². The van der Waals surface area contributed by atoms with Gasteiger partial charge in [-0.25, -0.2) is 0 Å². The van der Waals surface area contributed by atoms with Crippen molar-refractivity contribution in [3.63, 3.8) is 0 Å². The summed E-state index contributed by atoms with van der Waals surface area (Å²) in [5, 5.41) is 2.65. The molecule has 16 heavy (non-hydrogen) atoms. The normalized spacial score (nSPS) is 18.8. The van der Waals surface area contributed by atoms with Crippen LogP contribution in [0.3, 0.4) is 0 Å². The maximum Gasteiger partial charge on any atom is 0.227 e. The fourth-order valence-electron chi connectivity index (χ4n) is 2.05. The third-order valence-corrected chi connectivity index (χ3v) is 3.27. The van der Waals surface area contributed by atoms with Crippen LogP contribution in [-0.2, 0) is 4.79 Å². The number of amides is 1. The van der Waals surface area contributed by atoms with Gasteiger partial charge in [0.05, 0.1) is 17.8 Å². The number of nitrogens with zero attached hydrogens (tertiary/aromatic N) is 1. The van der Waals surface area contributed by atoms with Crippen LogP contribution in [-0.4, -0.2) is 25.3 Å². The topological polar surface area (TPSA) is 67.5 Å². The molecule has 1 amide bonds. The number of hydrogen-bond donors (Lipinski definition) is 2. The third-order valence-electron chi connectivity index (χ3n) is 3.27. The average molecular weight is 225 g/mol. The second kappa shape index (κ2) is 5.32. The van der Waals surface area contributed by atoms with Crippen molar-refractivity contribution in [2.24, 2.45) is 22.1 Å². The summed E-state index contributed by atoms with van der Waals surface area (Å²) >= 11 is 0. The van der Waals surface area contributed by atoms with E-state index in [4.69, 9.17) is 5.73 Å². The Morgan fingerprint density at radius 2 is 2.00 bits per heavy atom. The number of rotatable bonds is 4. The van der Waals surface area contributed by atoms with Crippen LogP contribution in [0, 0.1) is 11.3 Å². The van der Waals surface area contributed by atoms with Gasteiger partial charge in [0.15, 0.2) is 0 Å². The first-order valence-electron chi connectivity index (χ1n) is 5.99. The van der Waals surface area contributed by atoms with E-state index in [1.165, 1.54) is 12.8 Å². The maximum atomic E-state index is 11.5. The van der Waals surface area contributed by atoms with Crippen molar-refractivity contribution < 1.29 is 4.79 Å². The Bertz CT molecular complexity index is 278. The van der Waals surface area contributed by atoms with Gasteiger partial charge in [-0.05, 0) is 26.7 Å². The van der Waals surface area contributed by atoms with Gasteiger partial charge in [0.1, 0.15) is 0 Å². The highest BCUT2D eigenvalue weighted by Gasteiger charge is 2.27. The van der Waals surface area contributed by atoms with Crippen molar-refractivity contribution in [2.75, 3.05) is 13.6 Å². The number of carbonyl (C=O) groups excluding carboxylic acids is 1. The molecule has 1 rings (SSSR count). The minimum atomic E-state index is -0.474. The molecular weight excluding hydrogens is 202 g/mol. The van der Waals surface area contributed by atoms with Crippen molar-refractivity contribution in [1.82, 2.24) is 5.32 Å². The van der Waals surface area contributed by atoms with Gasteiger partial charge < -0.3 is 11.1 Å². The molecule has 1 fully saturated rings. The third kappa shape index (κ3) is 3.22. The summed E-state index contributed by atoms with van der Waals surface area (Å²) < 4.78 is 0. The summed E-state index contributed by atoms with van der Waals surface area (Å²) in [6, 6.07) is 0. The minimum absolute atomic E-state index is 0.00970. The molecule has 0 saturated heterocycles. The van der Waals surface area contributed by atoms with Crippen LogP contribution in [0.1, 0.15) is 39.5 Å². The smallest absolute Gasteiger partial charge is 0.227 e. The van der Waals surface area contributed by atoms with E-state index in [2.05, 4.69) is 10.3 Å². The summed E-state index contributed by atoms with van der Waals surface area (Å²) in [4.78, 5) is 15.9. The lowest BCUT2D eigenvalue weighted by Crippen LogP contribution is -2.37. The molecule has 0 bridgehead atoms. The number of hydrogen-bond acceptors (Lipinski definition) is 2. The molecule has 0 spiro atoms. The molecule has 4 nitrogen and oxygen atoms in total. The Labute approximate surface area is 97.7 Å².